The van der Waals surface area contributed by atoms with Gasteiger partial charge in [0.1, 0.15) is 0 Å². The van der Waals surface area contributed by atoms with E-state index in [0.29, 0.717) is 0 Å². The maximum atomic E-state index is 12.3. The van der Waals surface area contributed by atoms with Crippen LogP contribution in [-0.2, 0) is 30.7 Å². The minimum absolute atomic E-state index is 0.146. The van der Waals surface area contributed by atoms with Crippen LogP contribution in [0.1, 0.15) is 30.2 Å². The number of halogens is 3. The number of alkyl halides is 3. The van der Waals surface area contributed by atoms with Gasteiger partial charge in [-0.1, -0.05) is 12.1 Å². The van der Waals surface area contributed by atoms with E-state index in [2.05, 4.69) is 32.3 Å². The molecule has 9 nitrogen and oxygen atoms in total. The van der Waals surface area contributed by atoms with Crippen molar-refractivity contribution in [3.8, 4) is 0 Å². The molecular weight excluding hydrogens is 453 g/mol. The monoisotopic (exact) mass is 478 g/mol. The number of benzene rings is 1. The summed E-state index contributed by atoms with van der Waals surface area (Å²) in [6.45, 7) is 3.76. The average Bonchev–Trinajstić information content (AvgIpc) is 3.44. The summed E-state index contributed by atoms with van der Waals surface area (Å²) in [6, 6.07) is 7.87. The Labute approximate surface area is 193 Å². The molecule has 0 saturated carbocycles. The number of nitrogens with zero attached hydrogens (tertiary/aromatic N) is 4. The van der Waals surface area contributed by atoms with Gasteiger partial charge in [-0.05, 0) is 49.4 Å². The van der Waals surface area contributed by atoms with E-state index in [-0.39, 0.29) is 12.1 Å². The van der Waals surface area contributed by atoms with Crippen LogP contribution in [-0.4, -0.2) is 48.7 Å². The van der Waals surface area contributed by atoms with Gasteiger partial charge in [-0.25, -0.2) is 14.6 Å². The molecule has 0 radical (unpaired) electrons. The first-order chi connectivity index (χ1) is 16.2. The van der Waals surface area contributed by atoms with E-state index in [1.54, 1.807) is 12.5 Å². The minimum Gasteiger partial charge on any atom is -0.475 e. The zero-order valence-corrected chi connectivity index (χ0v) is 18.4. The lowest BCUT2D eigenvalue weighted by Crippen LogP contribution is -2.41. The number of nitrogens with one attached hydrogen (secondary N) is 2. The Kier molecular flexibility index (Phi) is 7.92. The summed E-state index contributed by atoms with van der Waals surface area (Å²) in [5, 5.41) is 17.6. The smallest absolute Gasteiger partial charge is 0.475 e. The number of carbonyl (C=O) groups excluding carboxylic acids is 1. The largest absolute Gasteiger partial charge is 0.490 e. The summed E-state index contributed by atoms with van der Waals surface area (Å²) in [4.78, 5) is 25.3. The highest BCUT2D eigenvalue weighted by molar-refractivity contribution is 5.89. The summed E-state index contributed by atoms with van der Waals surface area (Å²) in [6.07, 6.45) is 5.07. The van der Waals surface area contributed by atoms with Gasteiger partial charge in [0.05, 0.1) is 12.5 Å². The fourth-order valence-corrected chi connectivity index (χ4v) is 3.62. The van der Waals surface area contributed by atoms with Gasteiger partial charge in [0.2, 0.25) is 0 Å². The van der Waals surface area contributed by atoms with Crippen molar-refractivity contribution in [3.63, 3.8) is 0 Å². The fourth-order valence-electron chi connectivity index (χ4n) is 3.62. The number of imidazole rings is 1. The minimum atomic E-state index is -5.08. The van der Waals surface area contributed by atoms with Gasteiger partial charge in [-0.3, -0.25) is 4.68 Å². The number of urea groups is 1. The van der Waals surface area contributed by atoms with E-state index in [9.17, 15) is 18.0 Å². The Morgan fingerprint density at radius 2 is 1.94 bits per heavy atom. The van der Waals surface area contributed by atoms with Crippen LogP contribution in [0.4, 0.5) is 23.7 Å². The van der Waals surface area contributed by atoms with Crippen molar-refractivity contribution in [2.75, 3.05) is 5.32 Å². The zero-order chi connectivity index (χ0) is 24.7. The number of amides is 2. The standard InChI is InChI=1S/C20H24N6O.C2HF3O2/c1-2-26-19-8-7-18(11-16(19)12-22-26)24-20(27)23-17-5-3-15(4-6-17)13-25-10-9-21-14-25;3-2(4,5)1(6)7/h3-6,9-10,12,14,18H,2,7-8,11,13H2,1H3,(H2,23,24,27);(H,6,7). The molecule has 1 aliphatic rings. The molecule has 2 heterocycles. The lowest BCUT2D eigenvalue weighted by molar-refractivity contribution is -0.192. The molecule has 4 rings (SSSR count). The molecule has 2 amide bonds. The predicted molar refractivity (Wildman–Crippen MR) is 117 cm³/mol. The first kappa shape index (κ1) is 24.8. The second kappa shape index (κ2) is 10.9. The quantitative estimate of drug-likeness (QED) is 0.520. The maximum Gasteiger partial charge on any atom is 0.490 e. The van der Waals surface area contributed by atoms with Crippen molar-refractivity contribution in [2.45, 2.75) is 51.5 Å². The van der Waals surface area contributed by atoms with Crippen molar-refractivity contribution in [2.24, 2.45) is 0 Å². The highest BCUT2D eigenvalue weighted by Crippen LogP contribution is 2.21. The molecule has 0 saturated heterocycles. The number of carbonyl (C=O) groups is 2. The molecule has 0 fully saturated rings. The molecule has 0 bridgehead atoms. The van der Waals surface area contributed by atoms with Crippen LogP contribution in [0.5, 0.6) is 0 Å². The number of carboxylic acids is 1. The molecule has 0 aliphatic heterocycles. The molecule has 2 aromatic heterocycles. The van der Waals surface area contributed by atoms with Gasteiger partial charge in [0.15, 0.2) is 0 Å². The Bertz CT molecular complexity index is 1090. The van der Waals surface area contributed by atoms with Crippen molar-refractivity contribution in [1.82, 2.24) is 24.6 Å². The second-order valence-electron chi connectivity index (χ2n) is 7.71. The third kappa shape index (κ3) is 6.83. The number of carboxylic acid groups (broad SMARTS) is 1. The molecular formula is C22H25F3N6O3. The van der Waals surface area contributed by atoms with E-state index in [0.717, 1.165) is 43.6 Å². The van der Waals surface area contributed by atoms with Gasteiger partial charge in [-0.2, -0.15) is 18.3 Å². The Hall–Kier alpha value is -3.83. The highest BCUT2D eigenvalue weighted by Gasteiger charge is 2.38. The molecule has 1 aliphatic carbocycles. The van der Waals surface area contributed by atoms with Crippen molar-refractivity contribution >= 4 is 17.7 Å². The van der Waals surface area contributed by atoms with E-state index >= 15 is 0 Å². The molecule has 3 N–H and O–H groups in total. The molecule has 1 atom stereocenters. The molecule has 182 valence electrons. The van der Waals surface area contributed by atoms with Crippen molar-refractivity contribution < 1.29 is 27.9 Å². The SMILES string of the molecule is CCn1ncc2c1CCC(NC(=O)Nc1ccc(Cn3ccnc3)cc1)C2.O=C(O)C(F)(F)F. The first-order valence-electron chi connectivity index (χ1n) is 10.6. The molecule has 3 aromatic rings. The summed E-state index contributed by atoms with van der Waals surface area (Å²) in [5.41, 5.74) is 4.51. The van der Waals surface area contributed by atoms with Crippen LogP contribution in [0.3, 0.4) is 0 Å². The van der Waals surface area contributed by atoms with Crippen LogP contribution < -0.4 is 10.6 Å². The van der Waals surface area contributed by atoms with Gasteiger partial charge < -0.3 is 20.3 Å². The van der Waals surface area contributed by atoms with Gasteiger partial charge in [0, 0.05) is 42.9 Å². The van der Waals surface area contributed by atoms with Crippen LogP contribution in [0, 0.1) is 0 Å². The summed E-state index contributed by atoms with van der Waals surface area (Å²) < 4.78 is 35.8. The third-order valence-electron chi connectivity index (χ3n) is 5.24. The lowest BCUT2D eigenvalue weighted by atomic mass is 9.93. The van der Waals surface area contributed by atoms with Gasteiger partial charge in [0.25, 0.3) is 0 Å². The first-order valence-corrected chi connectivity index (χ1v) is 10.6. The van der Waals surface area contributed by atoms with Crippen molar-refractivity contribution in [3.05, 3.63) is 66.0 Å². The molecule has 12 heteroatoms. The fraction of sp³-hybridized carbons (Fsp3) is 0.364. The van der Waals surface area contributed by atoms with E-state index < -0.39 is 12.1 Å². The highest BCUT2D eigenvalue weighted by atomic mass is 19.4. The summed E-state index contributed by atoms with van der Waals surface area (Å²) in [7, 11) is 0. The molecule has 0 spiro atoms. The number of fused-ring (bicyclic) bond motifs is 1. The maximum absolute atomic E-state index is 12.3. The Morgan fingerprint density at radius 1 is 1.24 bits per heavy atom. The van der Waals surface area contributed by atoms with Gasteiger partial charge in [-0.15, -0.1) is 0 Å². The summed E-state index contributed by atoms with van der Waals surface area (Å²) in [5.74, 6) is -2.76. The van der Waals surface area contributed by atoms with Crippen molar-refractivity contribution in [1.29, 1.82) is 0 Å². The summed E-state index contributed by atoms with van der Waals surface area (Å²) >= 11 is 0. The average molecular weight is 478 g/mol. The topological polar surface area (TPSA) is 114 Å². The van der Waals surface area contributed by atoms with Crippen LogP contribution in [0.2, 0.25) is 0 Å². The van der Waals surface area contributed by atoms with Crippen LogP contribution in [0.25, 0.3) is 0 Å². The van der Waals surface area contributed by atoms with E-state index in [1.165, 1.54) is 11.3 Å². The zero-order valence-electron chi connectivity index (χ0n) is 18.4. The number of aliphatic carboxylic acids is 1. The molecule has 1 aromatic carbocycles. The van der Waals surface area contributed by atoms with E-state index in [4.69, 9.17) is 9.90 Å². The number of anilines is 1. The lowest BCUT2D eigenvalue weighted by Gasteiger charge is -2.24. The third-order valence-corrected chi connectivity index (χ3v) is 5.24. The predicted octanol–water partition coefficient (Wildman–Crippen LogP) is 3.46. The van der Waals surface area contributed by atoms with E-state index in [1.807, 2.05) is 41.2 Å². The van der Waals surface area contributed by atoms with Gasteiger partial charge >= 0.3 is 18.2 Å². The molecule has 34 heavy (non-hydrogen) atoms. The second-order valence-corrected chi connectivity index (χ2v) is 7.71. The Balaban J connectivity index is 0.000000406. The number of aryl methyl sites for hydroxylation is 1. The normalized spacial score (nSPS) is 15.0. The number of aromatic nitrogens is 4. The Morgan fingerprint density at radius 3 is 2.53 bits per heavy atom. The van der Waals surface area contributed by atoms with Crippen LogP contribution >= 0.6 is 0 Å². The van der Waals surface area contributed by atoms with Crippen LogP contribution in [0.15, 0.2) is 49.2 Å². The number of hydrogen-bond acceptors (Lipinski definition) is 4. The number of hydrogen-bond donors (Lipinski definition) is 3. The number of rotatable bonds is 5. The molecule has 1 unspecified atom stereocenters.